The highest BCUT2D eigenvalue weighted by molar-refractivity contribution is 6.08. The average Bonchev–Trinajstić information content (AvgIpc) is 3.06. The van der Waals surface area contributed by atoms with Gasteiger partial charge >= 0.3 is 5.97 Å². The number of fused-ring (bicyclic) bond motifs is 3. The minimum absolute atomic E-state index is 0.00673. The van der Waals surface area contributed by atoms with Crippen LogP contribution < -0.4 is 5.32 Å². The number of amides is 1. The van der Waals surface area contributed by atoms with Gasteiger partial charge in [0.2, 0.25) is 0 Å². The van der Waals surface area contributed by atoms with Crippen molar-refractivity contribution in [1.82, 2.24) is 5.32 Å². The summed E-state index contributed by atoms with van der Waals surface area (Å²) in [5.74, 6) is -1.65. The number of aliphatic carboxylic acids is 1. The van der Waals surface area contributed by atoms with Gasteiger partial charge in [-0.05, 0) is 31.1 Å². The maximum absolute atomic E-state index is 12.8. The standard InChI is InChI=1S/C22H23NO5/c1-13-16-7-6-14-4-2-3-5-17(14)20(16)28-19(13)21(24)23-12-18(22(25)26)15-8-10-27-11-9-15/h2-7,15,18H,8-12H2,1H3,(H,23,24)(H,25,26). The maximum Gasteiger partial charge on any atom is 0.308 e. The predicted octanol–water partition coefficient (Wildman–Crippen LogP) is 3.75. The lowest BCUT2D eigenvalue weighted by atomic mass is 9.86. The first kappa shape index (κ1) is 18.5. The molecule has 6 nitrogen and oxygen atoms in total. The molecule has 1 atom stereocenters. The zero-order valence-electron chi connectivity index (χ0n) is 15.7. The summed E-state index contributed by atoms with van der Waals surface area (Å²) >= 11 is 0. The second-order valence-electron chi connectivity index (χ2n) is 7.32. The Morgan fingerprint density at radius 2 is 1.89 bits per heavy atom. The van der Waals surface area contributed by atoms with Gasteiger partial charge in [-0.15, -0.1) is 0 Å². The Morgan fingerprint density at radius 1 is 1.14 bits per heavy atom. The van der Waals surface area contributed by atoms with Crippen LogP contribution in [0.1, 0.15) is 29.0 Å². The van der Waals surface area contributed by atoms with E-state index in [0.29, 0.717) is 31.6 Å². The third kappa shape index (κ3) is 3.36. The molecule has 28 heavy (non-hydrogen) atoms. The molecular weight excluding hydrogens is 358 g/mol. The Balaban J connectivity index is 1.57. The van der Waals surface area contributed by atoms with Crippen molar-refractivity contribution >= 4 is 33.6 Å². The molecule has 0 spiro atoms. The van der Waals surface area contributed by atoms with Crippen LogP contribution >= 0.6 is 0 Å². The smallest absolute Gasteiger partial charge is 0.308 e. The molecule has 1 amide bonds. The van der Waals surface area contributed by atoms with E-state index in [2.05, 4.69) is 5.32 Å². The van der Waals surface area contributed by atoms with Crippen molar-refractivity contribution in [2.45, 2.75) is 19.8 Å². The summed E-state index contributed by atoms with van der Waals surface area (Å²) < 4.78 is 11.2. The van der Waals surface area contributed by atoms with E-state index in [4.69, 9.17) is 9.15 Å². The Hall–Kier alpha value is -2.86. The first-order chi connectivity index (χ1) is 13.6. The van der Waals surface area contributed by atoms with Gasteiger partial charge < -0.3 is 19.6 Å². The second-order valence-corrected chi connectivity index (χ2v) is 7.32. The van der Waals surface area contributed by atoms with Crippen molar-refractivity contribution in [3.05, 3.63) is 47.7 Å². The number of carbonyl (C=O) groups is 2. The molecule has 4 rings (SSSR count). The zero-order chi connectivity index (χ0) is 19.7. The van der Waals surface area contributed by atoms with E-state index in [1.165, 1.54) is 0 Å². The van der Waals surface area contributed by atoms with Crippen LogP contribution in [0.25, 0.3) is 21.7 Å². The van der Waals surface area contributed by atoms with Crippen LogP contribution in [0.5, 0.6) is 0 Å². The number of hydrogen-bond acceptors (Lipinski definition) is 4. The summed E-state index contributed by atoms with van der Waals surface area (Å²) in [6.07, 6.45) is 1.39. The van der Waals surface area contributed by atoms with E-state index < -0.39 is 11.9 Å². The van der Waals surface area contributed by atoms with Crippen LogP contribution in [0, 0.1) is 18.8 Å². The van der Waals surface area contributed by atoms with Gasteiger partial charge in [0.1, 0.15) is 5.58 Å². The number of aryl methyl sites for hydroxylation is 1. The molecule has 1 aliphatic rings. The average molecular weight is 381 g/mol. The molecule has 6 heteroatoms. The fraction of sp³-hybridized carbons (Fsp3) is 0.364. The summed E-state index contributed by atoms with van der Waals surface area (Å²) in [6, 6.07) is 11.8. The van der Waals surface area contributed by atoms with Gasteiger partial charge in [0.15, 0.2) is 5.76 Å². The summed E-state index contributed by atoms with van der Waals surface area (Å²) in [6.45, 7) is 3.06. The number of carboxylic acids is 1. The highest BCUT2D eigenvalue weighted by atomic mass is 16.5. The monoisotopic (exact) mass is 381 g/mol. The van der Waals surface area contributed by atoms with E-state index in [1.54, 1.807) is 0 Å². The first-order valence-corrected chi connectivity index (χ1v) is 9.56. The topological polar surface area (TPSA) is 88.8 Å². The highest BCUT2D eigenvalue weighted by Gasteiger charge is 2.30. The Kier molecular flexibility index (Phi) is 5.05. The van der Waals surface area contributed by atoms with Crippen molar-refractivity contribution in [2.24, 2.45) is 11.8 Å². The number of benzene rings is 2. The first-order valence-electron chi connectivity index (χ1n) is 9.56. The Morgan fingerprint density at radius 3 is 2.64 bits per heavy atom. The van der Waals surface area contributed by atoms with Crippen LogP contribution in [-0.2, 0) is 9.53 Å². The fourth-order valence-electron chi connectivity index (χ4n) is 4.02. The lowest BCUT2D eigenvalue weighted by Crippen LogP contribution is -2.39. The summed E-state index contributed by atoms with van der Waals surface area (Å²) in [4.78, 5) is 24.4. The van der Waals surface area contributed by atoms with Gasteiger partial charge in [-0.25, -0.2) is 0 Å². The molecule has 1 aromatic heterocycles. The van der Waals surface area contributed by atoms with Crippen molar-refractivity contribution < 1.29 is 23.8 Å². The molecule has 1 aliphatic heterocycles. The van der Waals surface area contributed by atoms with Crippen LogP contribution in [-0.4, -0.2) is 36.7 Å². The van der Waals surface area contributed by atoms with E-state index in [0.717, 1.165) is 21.7 Å². The largest absolute Gasteiger partial charge is 0.481 e. The summed E-state index contributed by atoms with van der Waals surface area (Å²) in [7, 11) is 0. The van der Waals surface area contributed by atoms with Crippen LogP contribution in [0.3, 0.4) is 0 Å². The van der Waals surface area contributed by atoms with Crippen LogP contribution in [0.2, 0.25) is 0 Å². The molecule has 146 valence electrons. The number of ether oxygens (including phenoxy) is 1. The van der Waals surface area contributed by atoms with E-state index in [-0.39, 0.29) is 24.1 Å². The van der Waals surface area contributed by atoms with E-state index >= 15 is 0 Å². The van der Waals surface area contributed by atoms with Crippen molar-refractivity contribution in [3.8, 4) is 0 Å². The minimum atomic E-state index is -0.889. The second kappa shape index (κ2) is 7.64. The predicted molar refractivity (Wildman–Crippen MR) is 105 cm³/mol. The van der Waals surface area contributed by atoms with E-state index in [9.17, 15) is 14.7 Å². The number of rotatable bonds is 5. The van der Waals surface area contributed by atoms with Gasteiger partial charge in [0, 0.05) is 36.1 Å². The molecule has 2 heterocycles. The summed E-state index contributed by atoms with van der Waals surface area (Å²) in [5.41, 5.74) is 1.44. The van der Waals surface area contributed by atoms with Crippen molar-refractivity contribution in [3.63, 3.8) is 0 Å². The zero-order valence-corrected chi connectivity index (χ0v) is 15.7. The minimum Gasteiger partial charge on any atom is -0.481 e. The molecule has 1 saturated heterocycles. The van der Waals surface area contributed by atoms with Gasteiger partial charge in [0.05, 0.1) is 5.92 Å². The van der Waals surface area contributed by atoms with Crippen molar-refractivity contribution in [1.29, 1.82) is 0 Å². The molecule has 0 bridgehead atoms. The Bertz CT molecular complexity index is 1030. The van der Waals surface area contributed by atoms with Gasteiger partial charge in [-0.2, -0.15) is 0 Å². The molecule has 0 aliphatic carbocycles. The molecule has 2 N–H and O–H groups in total. The Labute approximate surface area is 162 Å². The number of carbonyl (C=O) groups excluding carboxylic acids is 1. The molecule has 0 radical (unpaired) electrons. The number of carboxylic acid groups (broad SMARTS) is 1. The molecule has 3 aromatic rings. The van der Waals surface area contributed by atoms with Gasteiger partial charge in [-0.1, -0.05) is 36.4 Å². The molecule has 1 unspecified atom stereocenters. The molecule has 1 fully saturated rings. The number of furan rings is 1. The van der Waals surface area contributed by atoms with Crippen molar-refractivity contribution in [2.75, 3.05) is 19.8 Å². The quantitative estimate of drug-likeness (QED) is 0.703. The summed E-state index contributed by atoms with van der Waals surface area (Å²) in [5, 5.41) is 15.2. The van der Waals surface area contributed by atoms with Gasteiger partial charge in [-0.3, -0.25) is 9.59 Å². The SMILES string of the molecule is Cc1c(C(=O)NCC(C(=O)O)C2CCOCC2)oc2c1ccc1ccccc12. The third-order valence-corrected chi connectivity index (χ3v) is 5.67. The lowest BCUT2D eigenvalue weighted by molar-refractivity contribution is -0.144. The normalized spacial score (nSPS) is 16.3. The third-order valence-electron chi connectivity index (χ3n) is 5.67. The number of hydrogen-bond donors (Lipinski definition) is 2. The maximum atomic E-state index is 12.8. The van der Waals surface area contributed by atoms with Crippen LogP contribution in [0.15, 0.2) is 40.8 Å². The molecular formula is C22H23NO5. The molecule has 2 aromatic carbocycles. The van der Waals surface area contributed by atoms with Crippen LogP contribution in [0.4, 0.5) is 0 Å². The van der Waals surface area contributed by atoms with Gasteiger partial charge in [0.25, 0.3) is 5.91 Å². The number of nitrogens with one attached hydrogen (secondary N) is 1. The van der Waals surface area contributed by atoms with E-state index in [1.807, 2.05) is 43.3 Å². The molecule has 0 saturated carbocycles. The lowest BCUT2D eigenvalue weighted by Gasteiger charge is -2.27. The fourth-order valence-corrected chi connectivity index (χ4v) is 4.02. The highest BCUT2D eigenvalue weighted by Crippen LogP contribution is 2.32.